The van der Waals surface area contributed by atoms with Crippen LogP contribution in [-0.2, 0) is 0 Å². The van der Waals surface area contributed by atoms with Gasteiger partial charge in [-0.05, 0) is 18.8 Å². The van der Waals surface area contributed by atoms with Crippen LogP contribution in [0.4, 0.5) is 4.79 Å². The third kappa shape index (κ3) is 8.02. The van der Waals surface area contributed by atoms with Gasteiger partial charge in [-0.2, -0.15) is 0 Å². The Labute approximate surface area is 105 Å². The molecule has 0 aromatic heterocycles. The molecule has 3 N–H and O–H groups in total. The molecule has 0 heterocycles. The van der Waals surface area contributed by atoms with Crippen LogP contribution in [0.25, 0.3) is 0 Å². The second-order valence-electron chi connectivity index (χ2n) is 4.56. The van der Waals surface area contributed by atoms with Crippen molar-refractivity contribution in [1.29, 1.82) is 0 Å². The molecule has 17 heavy (non-hydrogen) atoms. The Balaban J connectivity index is 3.79. The highest BCUT2D eigenvalue weighted by Crippen LogP contribution is 2.10. The van der Waals surface area contributed by atoms with Crippen LogP contribution in [0.3, 0.4) is 0 Å². The Morgan fingerprint density at radius 3 is 2.41 bits per heavy atom. The highest BCUT2D eigenvalue weighted by atomic mass is 16.3. The maximum Gasteiger partial charge on any atom is 0.315 e. The molecule has 2 amide bonds. The van der Waals surface area contributed by atoms with Gasteiger partial charge in [-0.15, -0.1) is 0 Å². The first kappa shape index (κ1) is 16.2. The minimum absolute atomic E-state index is 0.00301. The van der Waals surface area contributed by atoms with Crippen LogP contribution in [-0.4, -0.2) is 30.3 Å². The van der Waals surface area contributed by atoms with Crippen molar-refractivity contribution in [2.24, 2.45) is 5.92 Å². The van der Waals surface area contributed by atoms with E-state index in [1.165, 1.54) is 19.3 Å². The predicted molar refractivity (Wildman–Crippen MR) is 71.0 cm³/mol. The molecule has 102 valence electrons. The molecule has 0 saturated heterocycles. The van der Waals surface area contributed by atoms with Crippen molar-refractivity contribution in [2.75, 3.05) is 13.2 Å². The van der Waals surface area contributed by atoms with E-state index in [9.17, 15) is 4.79 Å². The number of aliphatic hydroxyl groups excluding tert-OH is 1. The summed E-state index contributed by atoms with van der Waals surface area (Å²) in [5, 5.41) is 14.6. The van der Waals surface area contributed by atoms with Crippen LogP contribution in [0, 0.1) is 5.92 Å². The summed E-state index contributed by atoms with van der Waals surface area (Å²) < 4.78 is 0. The lowest BCUT2D eigenvalue weighted by atomic mass is 9.99. The van der Waals surface area contributed by atoms with E-state index in [1.54, 1.807) is 0 Å². The van der Waals surface area contributed by atoms with Crippen LogP contribution in [0.2, 0.25) is 0 Å². The van der Waals surface area contributed by atoms with Crippen molar-refractivity contribution in [1.82, 2.24) is 10.6 Å². The number of rotatable bonds is 9. The van der Waals surface area contributed by atoms with Gasteiger partial charge in [-0.25, -0.2) is 4.79 Å². The molecule has 0 saturated carbocycles. The highest BCUT2D eigenvalue weighted by Gasteiger charge is 2.11. The van der Waals surface area contributed by atoms with E-state index in [4.69, 9.17) is 5.11 Å². The summed E-state index contributed by atoms with van der Waals surface area (Å²) in [6, 6.07) is -0.299. The molecule has 2 atom stereocenters. The zero-order chi connectivity index (χ0) is 13.1. The lowest BCUT2D eigenvalue weighted by molar-refractivity contribution is 0.213. The van der Waals surface area contributed by atoms with Gasteiger partial charge in [-0.1, -0.05) is 40.0 Å². The van der Waals surface area contributed by atoms with Gasteiger partial charge >= 0.3 is 6.03 Å². The SMILES string of the molecule is CCCC[C@H](CC)CNC(=O)N[C@H](CC)CO. The number of unbranched alkanes of at least 4 members (excludes halogenated alkanes) is 1. The number of carbonyl (C=O) groups excluding carboxylic acids is 1. The predicted octanol–water partition coefficient (Wildman–Crippen LogP) is 2.27. The summed E-state index contributed by atoms with van der Waals surface area (Å²) in [6.07, 6.45) is 5.43. The second-order valence-corrected chi connectivity index (χ2v) is 4.56. The van der Waals surface area contributed by atoms with Gasteiger partial charge in [0.05, 0.1) is 12.6 Å². The molecule has 0 bridgehead atoms. The van der Waals surface area contributed by atoms with Gasteiger partial charge < -0.3 is 15.7 Å². The molecule has 0 rings (SSSR count). The molecule has 0 unspecified atom stereocenters. The highest BCUT2D eigenvalue weighted by molar-refractivity contribution is 5.74. The standard InChI is InChI=1S/C13H28N2O2/c1-4-7-8-11(5-2)9-14-13(17)15-12(6-3)10-16/h11-12,16H,4-10H2,1-3H3,(H2,14,15,17)/t11-,12+/m0/s1. The molecule has 0 radical (unpaired) electrons. The van der Waals surface area contributed by atoms with E-state index >= 15 is 0 Å². The molecular weight excluding hydrogens is 216 g/mol. The van der Waals surface area contributed by atoms with Crippen LogP contribution in [0.15, 0.2) is 0 Å². The van der Waals surface area contributed by atoms with Crippen molar-refractivity contribution in [2.45, 2.75) is 58.9 Å². The van der Waals surface area contributed by atoms with Gasteiger partial charge in [0.25, 0.3) is 0 Å². The quantitative estimate of drug-likeness (QED) is 0.582. The van der Waals surface area contributed by atoms with Gasteiger partial charge in [0.1, 0.15) is 0 Å². The van der Waals surface area contributed by atoms with Crippen LogP contribution in [0.5, 0.6) is 0 Å². The first-order valence-corrected chi connectivity index (χ1v) is 6.83. The zero-order valence-corrected chi connectivity index (χ0v) is 11.5. The van der Waals surface area contributed by atoms with Gasteiger partial charge in [-0.3, -0.25) is 0 Å². The van der Waals surface area contributed by atoms with Crippen molar-refractivity contribution >= 4 is 6.03 Å². The molecule has 0 aliphatic rings. The number of hydrogen-bond donors (Lipinski definition) is 3. The Hall–Kier alpha value is -0.770. The maximum atomic E-state index is 11.5. The molecule has 0 aliphatic heterocycles. The smallest absolute Gasteiger partial charge is 0.315 e. The summed E-state index contributed by atoms with van der Waals surface area (Å²) >= 11 is 0. The molecule has 0 aromatic carbocycles. The number of carbonyl (C=O) groups is 1. The minimum atomic E-state index is -0.166. The maximum absolute atomic E-state index is 11.5. The number of hydrogen-bond acceptors (Lipinski definition) is 2. The number of aliphatic hydroxyl groups is 1. The number of amides is 2. The fourth-order valence-corrected chi connectivity index (χ4v) is 1.69. The van der Waals surface area contributed by atoms with Crippen molar-refractivity contribution in [3.05, 3.63) is 0 Å². The van der Waals surface area contributed by atoms with Crippen LogP contribution in [0.1, 0.15) is 52.9 Å². The molecule has 0 fully saturated rings. The molecule has 0 aliphatic carbocycles. The fourth-order valence-electron chi connectivity index (χ4n) is 1.69. The molecule has 4 nitrogen and oxygen atoms in total. The molecule has 4 heteroatoms. The third-order valence-electron chi connectivity index (χ3n) is 3.14. The summed E-state index contributed by atoms with van der Waals surface area (Å²) in [4.78, 5) is 11.5. The van der Waals surface area contributed by atoms with Crippen LogP contribution >= 0.6 is 0 Å². The average molecular weight is 244 g/mol. The first-order valence-electron chi connectivity index (χ1n) is 6.83. The summed E-state index contributed by atoms with van der Waals surface area (Å²) in [6.45, 7) is 7.00. The van der Waals surface area contributed by atoms with Crippen molar-refractivity contribution in [3.63, 3.8) is 0 Å². The van der Waals surface area contributed by atoms with Crippen molar-refractivity contribution < 1.29 is 9.90 Å². The van der Waals surface area contributed by atoms with E-state index in [1.807, 2.05) is 6.92 Å². The average Bonchev–Trinajstić information content (AvgIpc) is 2.36. The lowest BCUT2D eigenvalue weighted by Gasteiger charge is -2.18. The molecule has 0 spiro atoms. The Morgan fingerprint density at radius 2 is 1.94 bits per heavy atom. The Morgan fingerprint density at radius 1 is 1.24 bits per heavy atom. The molecule has 0 aromatic rings. The zero-order valence-electron chi connectivity index (χ0n) is 11.5. The number of nitrogens with one attached hydrogen (secondary N) is 2. The lowest BCUT2D eigenvalue weighted by Crippen LogP contribution is -2.44. The summed E-state index contributed by atoms with van der Waals surface area (Å²) in [7, 11) is 0. The Bertz CT molecular complexity index is 194. The first-order chi connectivity index (χ1) is 8.17. The molecular formula is C13H28N2O2. The van der Waals surface area contributed by atoms with Gasteiger partial charge in [0.15, 0.2) is 0 Å². The topological polar surface area (TPSA) is 61.4 Å². The Kier molecular flexibility index (Phi) is 9.92. The van der Waals surface area contributed by atoms with E-state index in [2.05, 4.69) is 24.5 Å². The third-order valence-corrected chi connectivity index (χ3v) is 3.14. The second kappa shape index (κ2) is 10.4. The largest absolute Gasteiger partial charge is 0.394 e. The van der Waals surface area contributed by atoms with E-state index < -0.39 is 0 Å². The summed E-state index contributed by atoms with van der Waals surface area (Å²) in [5.74, 6) is 0.565. The fraction of sp³-hybridized carbons (Fsp3) is 0.923. The van der Waals surface area contributed by atoms with Crippen LogP contribution < -0.4 is 10.6 Å². The van der Waals surface area contributed by atoms with Gasteiger partial charge in [0, 0.05) is 6.54 Å². The van der Waals surface area contributed by atoms with E-state index in [-0.39, 0.29) is 18.7 Å². The minimum Gasteiger partial charge on any atom is -0.394 e. The van der Waals surface area contributed by atoms with E-state index in [0.717, 1.165) is 19.4 Å². The summed E-state index contributed by atoms with van der Waals surface area (Å²) in [5.41, 5.74) is 0. The van der Waals surface area contributed by atoms with Gasteiger partial charge in [0.2, 0.25) is 0 Å². The number of urea groups is 1. The van der Waals surface area contributed by atoms with E-state index in [0.29, 0.717) is 5.92 Å². The normalized spacial score (nSPS) is 14.1. The monoisotopic (exact) mass is 244 g/mol. The van der Waals surface area contributed by atoms with Crippen molar-refractivity contribution in [3.8, 4) is 0 Å².